The zero-order chi connectivity index (χ0) is 14.1. The third-order valence-corrected chi connectivity index (χ3v) is 4.51. The summed E-state index contributed by atoms with van der Waals surface area (Å²) < 4.78 is 0. The van der Waals surface area contributed by atoms with Crippen LogP contribution in [-0.2, 0) is 4.79 Å². The lowest BCUT2D eigenvalue weighted by Crippen LogP contribution is -2.53. The summed E-state index contributed by atoms with van der Waals surface area (Å²) in [6.45, 7) is 4.46. The summed E-state index contributed by atoms with van der Waals surface area (Å²) in [5.74, 6) is -0.289. The van der Waals surface area contributed by atoms with Gasteiger partial charge < -0.3 is 11.1 Å². The molecule has 1 fully saturated rings. The van der Waals surface area contributed by atoms with E-state index in [4.69, 9.17) is 17.3 Å². The third-order valence-electron chi connectivity index (χ3n) is 4.18. The first-order chi connectivity index (χ1) is 8.85. The summed E-state index contributed by atoms with van der Waals surface area (Å²) in [6.07, 6.45) is 3.46. The van der Waals surface area contributed by atoms with Gasteiger partial charge in [0.25, 0.3) is 0 Å². The van der Waals surface area contributed by atoms with Crippen LogP contribution < -0.4 is 11.1 Å². The smallest absolute Gasteiger partial charge is 0.243 e. The van der Waals surface area contributed by atoms with E-state index >= 15 is 0 Å². The standard InChI is InChI=1S/C15H21ClN2O/c1-14(2)7-9-15(10-8-14,13(17)19)18-12-6-4-3-5-11(12)16/h3-6,18H,7-10H2,1-2H3,(H2,17,19). The minimum absolute atomic E-state index is 0.279. The third kappa shape index (κ3) is 3.03. The number of anilines is 1. The van der Waals surface area contributed by atoms with Crippen molar-refractivity contribution in [2.24, 2.45) is 11.1 Å². The minimum Gasteiger partial charge on any atom is -0.370 e. The number of amides is 1. The second-order valence-electron chi connectivity index (χ2n) is 6.22. The zero-order valence-corrected chi connectivity index (χ0v) is 12.3. The number of halogens is 1. The number of nitrogens with two attached hydrogens (primary N) is 1. The molecule has 0 heterocycles. The first kappa shape index (κ1) is 14.2. The molecule has 1 aliphatic carbocycles. The Balaban J connectivity index is 2.23. The van der Waals surface area contributed by atoms with Crippen LogP contribution in [0.1, 0.15) is 39.5 Å². The van der Waals surface area contributed by atoms with Gasteiger partial charge in [0.05, 0.1) is 10.7 Å². The lowest BCUT2D eigenvalue weighted by Gasteiger charge is -2.42. The number of carbonyl (C=O) groups excluding carboxylic acids is 1. The second kappa shape index (κ2) is 5.04. The van der Waals surface area contributed by atoms with Crippen molar-refractivity contribution in [2.75, 3.05) is 5.32 Å². The predicted octanol–water partition coefficient (Wildman–Crippen LogP) is 3.58. The number of primary amides is 1. The van der Waals surface area contributed by atoms with Crippen LogP contribution in [0, 0.1) is 5.41 Å². The number of hydrogen-bond acceptors (Lipinski definition) is 2. The molecule has 2 rings (SSSR count). The average Bonchev–Trinajstić information content (AvgIpc) is 2.34. The summed E-state index contributed by atoms with van der Waals surface area (Å²) >= 11 is 6.15. The summed E-state index contributed by atoms with van der Waals surface area (Å²) in [6, 6.07) is 7.46. The van der Waals surface area contributed by atoms with Crippen LogP contribution >= 0.6 is 11.6 Å². The monoisotopic (exact) mass is 280 g/mol. The molecular formula is C15H21ClN2O. The molecule has 0 aliphatic heterocycles. The van der Waals surface area contributed by atoms with Crippen LogP contribution in [0.2, 0.25) is 5.02 Å². The molecule has 1 aliphatic rings. The van der Waals surface area contributed by atoms with Gasteiger partial charge in [-0.3, -0.25) is 4.79 Å². The number of carbonyl (C=O) groups is 1. The van der Waals surface area contributed by atoms with E-state index in [0.717, 1.165) is 31.4 Å². The highest BCUT2D eigenvalue weighted by molar-refractivity contribution is 6.33. The number of nitrogens with one attached hydrogen (secondary N) is 1. The first-order valence-corrected chi connectivity index (χ1v) is 7.05. The van der Waals surface area contributed by atoms with Gasteiger partial charge >= 0.3 is 0 Å². The van der Waals surface area contributed by atoms with Crippen molar-refractivity contribution >= 4 is 23.2 Å². The fraction of sp³-hybridized carbons (Fsp3) is 0.533. The Hall–Kier alpha value is -1.22. The van der Waals surface area contributed by atoms with E-state index in [1.807, 2.05) is 24.3 Å². The fourth-order valence-corrected chi connectivity index (χ4v) is 2.79. The summed E-state index contributed by atoms with van der Waals surface area (Å²) in [7, 11) is 0. The second-order valence-corrected chi connectivity index (χ2v) is 6.62. The predicted molar refractivity (Wildman–Crippen MR) is 79.2 cm³/mol. The van der Waals surface area contributed by atoms with Crippen molar-refractivity contribution in [1.82, 2.24) is 0 Å². The molecule has 0 bridgehead atoms. The van der Waals surface area contributed by atoms with Crippen LogP contribution in [0.3, 0.4) is 0 Å². The van der Waals surface area contributed by atoms with E-state index in [2.05, 4.69) is 19.2 Å². The topological polar surface area (TPSA) is 55.1 Å². The lowest BCUT2D eigenvalue weighted by atomic mass is 9.69. The quantitative estimate of drug-likeness (QED) is 0.889. The van der Waals surface area contributed by atoms with Gasteiger partial charge in [-0.2, -0.15) is 0 Å². The average molecular weight is 281 g/mol. The Morgan fingerprint density at radius 1 is 1.21 bits per heavy atom. The maximum atomic E-state index is 11.9. The van der Waals surface area contributed by atoms with Gasteiger partial charge in [-0.15, -0.1) is 0 Å². The van der Waals surface area contributed by atoms with Crippen LogP contribution in [0.5, 0.6) is 0 Å². The summed E-state index contributed by atoms with van der Waals surface area (Å²) in [5.41, 5.74) is 6.04. The Labute approximate surface area is 119 Å². The molecule has 3 N–H and O–H groups in total. The summed E-state index contributed by atoms with van der Waals surface area (Å²) in [5, 5.41) is 3.91. The van der Waals surface area contributed by atoms with E-state index in [1.165, 1.54) is 0 Å². The molecule has 0 saturated heterocycles. The largest absolute Gasteiger partial charge is 0.370 e. The van der Waals surface area contributed by atoms with E-state index in [0.29, 0.717) is 5.02 Å². The number of benzene rings is 1. The van der Waals surface area contributed by atoms with Crippen LogP contribution in [0.15, 0.2) is 24.3 Å². The van der Waals surface area contributed by atoms with Crippen molar-refractivity contribution in [3.05, 3.63) is 29.3 Å². The van der Waals surface area contributed by atoms with Gasteiger partial charge in [0.15, 0.2) is 0 Å². The molecule has 0 unspecified atom stereocenters. The van der Waals surface area contributed by atoms with Crippen LogP contribution in [-0.4, -0.2) is 11.4 Å². The Bertz CT molecular complexity index is 475. The van der Waals surface area contributed by atoms with Crippen molar-refractivity contribution in [1.29, 1.82) is 0 Å². The molecule has 0 radical (unpaired) electrons. The number of para-hydroxylation sites is 1. The fourth-order valence-electron chi connectivity index (χ4n) is 2.61. The molecule has 0 aromatic heterocycles. The molecule has 0 spiro atoms. The van der Waals surface area contributed by atoms with Gasteiger partial charge in [0.1, 0.15) is 5.54 Å². The highest BCUT2D eigenvalue weighted by Gasteiger charge is 2.42. The highest BCUT2D eigenvalue weighted by Crippen LogP contribution is 2.42. The summed E-state index contributed by atoms with van der Waals surface area (Å²) in [4.78, 5) is 11.9. The Morgan fingerprint density at radius 3 is 2.32 bits per heavy atom. The van der Waals surface area contributed by atoms with Gasteiger partial charge in [-0.05, 0) is 43.2 Å². The molecule has 104 valence electrons. The van der Waals surface area contributed by atoms with Crippen molar-refractivity contribution in [3.8, 4) is 0 Å². The van der Waals surface area contributed by atoms with E-state index < -0.39 is 5.54 Å². The van der Waals surface area contributed by atoms with Gasteiger partial charge in [0, 0.05) is 0 Å². The molecule has 0 atom stereocenters. The normalized spacial score (nSPS) is 20.8. The Kier molecular flexibility index (Phi) is 3.77. The van der Waals surface area contributed by atoms with Crippen LogP contribution in [0.4, 0.5) is 5.69 Å². The van der Waals surface area contributed by atoms with Gasteiger partial charge in [-0.25, -0.2) is 0 Å². The molecular weight excluding hydrogens is 260 g/mol. The Morgan fingerprint density at radius 2 is 1.79 bits per heavy atom. The molecule has 3 nitrogen and oxygen atoms in total. The maximum absolute atomic E-state index is 11.9. The van der Waals surface area contributed by atoms with E-state index in [1.54, 1.807) is 0 Å². The molecule has 1 saturated carbocycles. The van der Waals surface area contributed by atoms with Crippen molar-refractivity contribution < 1.29 is 4.79 Å². The van der Waals surface area contributed by atoms with E-state index in [-0.39, 0.29) is 11.3 Å². The first-order valence-electron chi connectivity index (χ1n) is 6.67. The number of rotatable bonds is 3. The highest BCUT2D eigenvalue weighted by atomic mass is 35.5. The minimum atomic E-state index is -0.666. The zero-order valence-electron chi connectivity index (χ0n) is 11.5. The van der Waals surface area contributed by atoms with E-state index in [9.17, 15) is 4.79 Å². The maximum Gasteiger partial charge on any atom is 0.243 e. The molecule has 19 heavy (non-hydrogen) atoms. The lowest BCUT2D eigenvalue weighted by molar-refractivity contribution is -0.124. The SMILES string of the molecule is CC1(C)CCC(Nc2ccccc2Cl)(C(N)=O)CC1. The van der Waals surface area contributed by atoms with Crippen molar-refractivity contribution in [3.63, 3.8) is 0 Å². The molecule has 1 aromatic carbocycles. The van der Waals surface area contributed by atoms with Crippen LogP contribution in [0.25, 0.3) is 0 Å². The molecule has 1 amide bonds. The van der Waals surface area contributed by atoms with Crippen molar-refractivity contribution in [2.45, 2.75) is 45.1 Å². The molecule has 1 aromatic rings. The number of hydrogen-bond donors (Lipinski definition) is 2. The van der Waals surface area contributed by atoms with Gasteiger partial charge in [-0.1, -0.05) is 37.6 Å². The van der Waals surface area contributed by atoms with Gasteiger partial charge in [0.2, 0.25) is 5.91 Å². The molecule has 4 heteroatoms.